The molecule has 3 fully saturated rings. The number of rotatable bonds is 2. The van der Waals surface area contributed by atoms with Gasteiger partial charge in [0.1, 0.15) is 0 Å². The minimum Gasteiger partial charge on any atom is -0.342 e. The van der Waals surface area contributed by atoms with E-state index in [9.17, 15) is 4.79 Å². The van der Waals surface area contributed by atoms with E-state index in [0.717, 1.165) is 32.6 Å². The fourth-order valence-electron chi connectivity index (χ4n) is 4.06. The molecule has 1 unspecified atom stereocenters. The van der Waals surface area contributed by atoms with E-state index >= 15 is 0 Å². The van der Waals surface area contributed by atoms with Crippen LogP contribution in [0.2, 0.25) is 0 Å². The molecule has 3 aliphatic rings. The van der Waals surface area contributed by atoms with Gasteiger partial charge in [-0.1, -0.05) is 19.3 Å². The van der Waals surface area contributed by atoms with E-state index in [-0.39, 0.29) is 0 Å². The molecule has 2 saturated heterocycles. The van der Waals surface area contributed by atoms with Gasteiger partial charge in [0.05, 0.1) is 0 Å². The Balaban J connectivity index is 1.50. The molecule has 0 bridgehead atoms. The maximum absolute atomic E-state index is 12.4. The number of likely N-dealkylation sites (tertiary alicyclic amines) is 1. The van der Waals surface area contributed by atoms with Crippen LogP contribution in [0.3, 0.4) is 0 Å². The van der Waals surface area contributed by atoms with Gasteiger partial charge in [0.25, 0.3) is 0 Å². The highest BCUT2D eigenvalue weighted by molar-refractivity contribution is 5.76. The molecule has 1 N–H and O–H groups in total. The average molecular weight is 250 g/mol. The van der Waals surface area contributed by atoms with Crippen LogP contribution in [0, 0.1) is 11.3 Å². The summed E-state index contributed by atoms with van der Waals surface area (Å²) in [6.07, 6.45) is 9.93. The monoisotopic (exact) mass is 250 g/mol. The summed E-state index contributed by atoms with van der Waals surface area (Å²) in [5.74, 6) is 1.12. The largest absolute Gasteiger partial charge is 0.342 e. The minimum atomic E-state index is 0.433. The van der Waals surface area contributed by atoms with Gasteiger partial charge in [0, 0.05) is 31.5 Å². The van der Waals surface area contributed by atoms with Crippen molar-refractivity contribution in [3.63, 3.8) is 0 Å². The molecular formula is C15H26N2O. The molecule has 2 heterocycles. The van der Waals surface area contributed by atoms with Gasteiger partial charge < -0.3 is 10.2 Å². The number of carbonyl (C=O) groups is 1. The topological polar surface area (TPSA) is 32.3 Å². The Labute approximate surface area is 110 Å². The second kappa shape index (κ2) is 5.20. The fourth-order valence-corrected chi connectivity index (χ4v) is 4.06. The molecule has 3 rings (SSSR count). The Morgan fingerprint density at radius 3 is 2.78 bits per heavy atom. The molecule has 18 heavy (non-hydrogen) atoms. The Morgan fingerprint density at radius 2 is 2.06 bits per heavy atom. The van der Waals surface area contributed by atoms with Crippen LogP contribution >= 0.6 is 0 Å². The molecule has 1 amide bonds. The van der Waals surface area contributed by atoms with E-state index in [1.54, 1.807) is 0 Å². The van der Waals surface area contributed by atoms with Gasteiger partial charge in [-0.3, -0.25) is 4.79 Å². The third-order valence-electron chi connectivity index (χ3n) is 5.31. The van der Waals surface area contributed by atoms with Crippen molar-refractivity contribution in [2.24, 2.45) is 11.3 Å². The molecule has 0 aromatic rings. The highest BCUT2D eigenvalue weighted by Gasteiger charge is 2.41. The zero-order valence-electron chi connectivity index (χ0n) is 11.4. The molecule has 0 aromatic heterocycles. The first-order valence-electron chi connectivity index (χ1n) is 7.76. The van der Waals surface area contributed by atoms with Gasteiger partial charge in [-0.05, 0) is 38.1 Å². The van der Waals surface area contributed by atoms with Crippen LogP contribution in [0.5, 0.6) is 0 Å². The van der Waals surface area contributed by atoms with E-state index in [2.05, 4.69) is 10.2 Å². The van der Waals surface area contributed by atoms with Crippen LogP contribution in [0.15, 0.2) is 0 Å². The summed E-state index contributed by atoms with van der Waals surface area (Å²) in [5.41, 5.74) is 0.433. The van der Waals surface area contributed by atoms with Crippen molar-refractivity contribution in [3.8, 4) is 0 Å². The molecular weight excluding hydrogens is 224 g/mol. The third-order valence-corrected chi connectivity index (χ3v) is 5.31. The summed E-state index contributed by atoms with van der Waals surface area (Å²) in [7, 11) is 0. The van der Waals surface area contributed by atoms with Crippen molar-refractivity contribution in [2.45, 2.75) is 51.4 Å². The first-order chi connectivity index (χ1) is 8.77. The van der Waals surface area contributed by atoms with Crippen LogP contribution in [0.25, 0.3) is 0 Å². The molecule has 1 saturated carbocycles. The average Bonchev–Trinajstić information content (AvgIpc) is 3.02. The van der Waals surface area contributed by atoms with Gasteiger partial charge >= 0.3 is 0 Å². The number of carbonyl (C=O) groups excluding carboxylic acids is 1. The Kier molecular flexibility index (Phi) is 3.60. The van der Waals surface area contributed by atoms with Crippen LogP contribution in [0.1, 0.15) is 51.4 Å². The molecule has 2 aliphatic heterocycles. The van der Waals surface area contributed by atoms with E-state index < -0.39 is 0 Å². The highest BCUT2D eigenvalue weighted by atomic mass is 16.2. The SMILES string of the molecule is O=C(CC1CCCCC1)N1CCC2(CCNC2)C1. The number of hydrogen-bond donors (Lipinski definition) is 1. The molecule has 0 radical (unpaired) electrons. The number of nitrogens with zero attached hydrogens (tertiary/aromatic N) is 1. The lowest BCUT2D eigenvalue weighted by Crippen LogP contribution is -2.34. The Hall–Kier alpha value is -0.570. The predicted octanol–water partition coefficient (Wildman–Crippen LogP) is 2.17. The summed E-state index contributed by atoms with van der Waals surface area (Å²) >= 11 is 0. The van der Waals surface area contributed by atoms with Gasteiger partial charge in [0.2, 0.25) is 5.91 Å². The lowest BCUT2D eigenvalue weighted by Gasteiger charge is -2.26. The highest BCUT2D eigenvalue weighted by Crippen LogP contribution is 2.37. The van der Waals surface area contributed by atoms with Crippen LogP contribution in [-0.4, -0.2) is 37.0 Å². The molecule has 0 aromatic carbocycles. The van der Waals surface area contributed by atoms with Crippen LogP contribution < -0.4 is 5.32 Å². The molecule has 1 aliphatic carbocycles. The minimum absolute atomic E-state index is 0.433. The van der Waals surface area contributed by atoms with Gasteiger partial charge in [-0.15, -0.1) is 0 Å². The standard InChI is InChI=1S/C15H26N2O/c18-14(10-13-4-2-1-3-5-13)17-9-7-15(12-17)6-8-16-11-15/h13,16H,1-12H2. The van der Waals surface area contributed by atoms with Gasteiger partial charge in [-0.25, -0.2) is 0 Å². The summed E-state index contributed by atoms with van der Waals surface area (Å²) in [6, 6.07) is 0. The van der Waals surface area contributed by atoms with Crippen molar-refractivity contribution in [1.29, 1.82) is 0 Å². The Morgan fingerprint density at radius 1 is 1.22 bits per heavy atom. The number of amides is 1. The summed E-state index contributed by atoms with van der Waals surface area (Å²) in [4.78, 5) is 14.5. The summed E-state index contributed by atoms with van der Waals surface area (Å²) in [6.45, 7) is 4.30. The van der Waals surface area contributed by atoms with E-state index in [0.29, 0.717) is 17.2 Å². The summed E-state index contributed by atoms with van der Waals surface area (Å²) < 4.78 is 0. The van der Waals surface area contributed by atoms with Crippen LogP contribution in [0.4, 0.5) is 0 Å². The zero-order valence-corrected chi connectivity index (χ0v) is 11.4. The fraction of sp³-hybridized carbons (Fsp3) is 0.933. The quantitative estimate of drug-likeness (QED) is 0.814. The van der Waals surface area contributed by atoms with Gasteiger partial charge in [0.15, 0.2) is 0 Å². The predicted molar refractivity (Wildman–Crippen MR) is 72.3 cm³/mol. The maximum atomic E-state index is 12.4. The second-order valence-corrected chi connectivity index (χ2v) is 6.70. The third kappa shape index (κ3) is 2.56. The first kappa shape index (κ1) is 12.5. The molecule has 3 nitrogen and oxygen atoms in total. The Bertz CT molecular complexity index is 304. The zero-order chi connectivity index (χ0) is 12.4. The van der Waals surface area contributed by atoms with Gasteiger partial charge in [-0.2, -0.15) is 0 Å². The van der Waals surface area contributed by atoms with Crippen molar-refractivity contribution >= 4 is 5.91 Å². The first-order valence-corrected chi connectivity index (χ1v) is 7.76. The van der Waals surface area contributed by atoms with Crippen LogP contribution in [-0.2, 0) is 4.79 Å². The van der Waals surface area contributed by atoms with Crippen molar-refractivity contribution in [1.82, 2.24) is 10.2 Å². The van der Waals surface area contributed by atoms with Crippen molar-refractivity contribution in [2.75, 3.05) is 26.2 Å². The molecule has 102 valence electrons. The molecule has 3 heteroatoms. The van der Waals surface area contributed by atoms with E-state index in [1.807, 2.05) is 0 Å². The normalized spacial score (nSPS) is 33.4. The maximum Gasteiger partial charge on any atom is 0.222 e. The van der Waals surface area contributed by atoms with Crippen molar-refractivity contribution in [3.05, 3.63) is 0 Å². The lowest BCUT2D eigenvalue weighted by molar-refractivity contribution is -0.131. The van der Waals surface area contributed by atoms with E-state index in [1.165, 1.54) is 44.9 Å². The second-order valence-electron chi connectivity index (χ2n) is 6.70. The van der Waals surface area contributed by atoms with E-state index in [4.69, 9.17) is 0 Å². The smallest absolute Gasteiger partial charge is 0.222 e. The number of hydrogen-bond acceptors (Lipinski definition) is 2. The molecule has 1 spiro atoms. The van der Waals surface area contributed by atoms with Crippen molar-refractivity contribution < 1.29 is 4.79 Å². The number of nitrogens with one attached hydrogen (secondary N) is 1. The molecule has 1 atom stereocenters. The summed E-state index contributed by atoms with van der Waals surface area (Å²) in [5, 5.41) is 3.46. The lowest BCUT2D eigenvalue weighted by atomic mass is 9.86.